The Labute approximate surface area is 136 Å². The number of hydrogen-bond donors (Lipinski definition) is 1. The van der Waals surface area contributed by atoms with Crippen LogP contribution in [0.2, 0.25) is 0 Å². The fourth-order valence-corrected chi connectivity index (χ4v) is 3.46. The number of fused-ring (bicyclic) bond motifs is 1. The van der Waals surface area contributed by atoms with Crippen LogP contribution in [0.1, 0.15) is 37.8 Å². The lowest BCUT2D eigenvalue weighted by molar-refractivity contribution is 0.175. The van der Waals surface area contributed by atoms with E-state index < -0.39 is 0 Å². The molecule has 1 fully saturated rings. The van der Waals surface area contributed by atoms with Gasteiger partial charge in [-0.3, -0.25) is 4.90 Å². The number of benzene rings is 1. The van der Waals surface area contributed by atoms with Crippen molar-refractivity contribution in [2.75, 3.05) is 13.1 Å². The molecule has 0 bridgehead atoms. The summed E-state index contributed by atoms with van der Waals surface area (Å²) in [6.45, 7) is 4.77. The van der Waals surface area contributed by atoms with Gasteiger partial charge in [0.1, 0.15) is 0 Å². The second-order valence-electron chi connectivity index (χ2n) is 6.39. The van der Waals surface area contributed by atoms with Crippen LogP contribution in [-0.2, 0) is 0 Å². The van der Waals surface area contributed by atoms with Crippen molar-refractivity contribution in [3.8, 4) is 11.1 Å². The van der Waals surface area contributed by atoms with Gasteiger partial charge in [0.15, 0.2) is 5.65 Å². The molecule has 0 saturated carbocycles. The number of likely N-dealkylation sites (tertiary alicyclic amines) is 1. The Balaban J connectivity index is 1.57. The number of rotatable bonds is 3. The van der Waals surface area contributed by atoms with Gasteiger partial charge in [-0.15, -0.1) is 0 Å². The molecule has 3 aromatic rings. The van der Waals surface area contributed by atoms with Gasteiger partial charge in [0, 0.05) is 17.8 Å². The first-order chi connectivity index (χ1) is 11.3. The molecule has 0 spiro atoms. The van der Waals surface area contributed by atoms with Gasteiger partial charge in [-0.2, -0.15) is 0 Å². The summed E-state index contributed by atoms with van der Waals surface area (Å²) < 4.78 is 0. The van der Waals surface area contributed by atoms with Crippen molar-refractivity contribution < 1.29 is 0 Å². The zero-order valence-corrected chi connectivity index (χ0v) is 13.5. The second kappa shape index (κ2) is 6.13. The van der Waals surface area contributed by atoms with E-state index in [0.29, 0.717) is 6.04 Å². The van der Waals surface area contributed by atoms with Crippen LogP contribution in [-0.4, -0.2) is 32.9 Å². The zero-order chi connectivity index (χ0) is 15.6. The molecule has 0 radical (unpaired) electrons. The van der Waals surface area contributed by atoms with E-state index in [2.05, 4.69) is 57.1 Å². The summed E-state index contributed by atoms with van der Waals surface area (Å²) in [5.41, 5.74) is 5.46. The van der Waals surface area contributed by atoms with E-state index in [1.807, 2.05) is 6.20 Å². The summed E-state index contributed by atoms with van der Waals surface area (Å²) in [5, 5.41) is 0. The van der Waals surface area contributed by atoms with Crippen LogP contribution in [0, 0.1) is 0 Å². The number of nitrogens with one attached hydrogen (secondary N) is 1. The maximum atomic E-state index is 4.40. The summed E-state index contributed by atoms with van der Waals surface area (Å²) in [4.78, 5) is 14.3. The van der Waals surface area contributed by atoms with Crippen molar-refractivity contribution in [1.82, 2.24) is 19.9 Å². The van der Waals surface area contributed by atoms with Gasteiger partial charge in [0.25, 0.3) is 0 Å². The van der Waals surface area contributed by atoms with Crippen LogP contribution < -0.4 is 0 Å². The van der Waals surface area contributed by atoms with Gasteiger partial charge < -0.3 is 4.98 Å². The lowest BCUT2D eigenvalue weighted by Gasteiger charge is -2.32. The molecule has 1 N–H and O–H groups in total. The summed E-state index contributed by atoms with van der Waals surface area (Å²) in [6, 6.07) is 11.5. The van der Waals surface area contributed by atoms with Crippen molar-refractivity contribution in [1.29, 1.82) is 0 Å². The molecule has 1 aliphatic heterocycles. The maximum Gasteiger partial charge on any atom is 0.177 e. The Kier molecular flexibility index (Phi) is 3.83. The number of piperidine rings is 1. The molecular weight excluding hydrogens is 284 g/mol. The fraction of sp³-hybridized carbons (Fsp3) is 0.368. The minimum absolute atomic E-state index is 0.498. The van der Waals surface area contributed by atoms with Crippen LogP contribution in [0.3, 0.4) is 0 Å². The van der Waals surface area contributed by atoms with E-state index in [4.69, 9.17) is 0 Å². The first-order valence-electron chi connectivity index (χ1n) is 8.45. The molecule has 2 aromatic heterocycles. The van der Waals surface area contributed by atoms with E-state index in [0.717, 1.165) is 16.7 Å². The monoisotopic (exact) mass is 306 g/mol. The zero-order valence-electron chi connectivity index (χ0n) is 13.5. The molecule has 4 rings (SSSR count). The SMILES string of the molecule is CC(c1ccc(-c2cnc3nc[nH]c3c2)cc1)N1CCCCC1. The number of hydrogen-bond acceptors (Lipinski definition) is 3. The van der Waals surface area contributed by atoms with E-state index in [-0.39, 0.29) is 0 Å². The third kappa shape index (κ3) is 2.86. The molecule has 1 atom stereocenters. The highest BCUT2D eigenvalue weighted by Crippen LogP contribution is 2.27. The molecule has 1 aliphatic rings. The predicted octanol–water partition coefficient (Wildman–Crippen LogP) is 4.17. The van der Waals surface area contributed by atoms with E-state index in [1.165, 1.54) is 43.5 Å². The minimum Gasteiger partial charge on any atom is -0.343 e. The highest BCUT2D eigenvalue weighted by Gasteiger charge is 2.18. The maximum absolute atomic E-state index is 4.40. The van der Waals surface area contributed by atoms with Crippen LogP contribution >= 0.6 is 0 Å². The summed E-state index contributed by atoms with van der Waals surface area (Å²) in [7, 11) is 0. The summed E-state index contributed by atoms with van der Waals surface area (Å²) in [6.07, 6.45) is 7.62. The first-order valence-corrected chi connectivity index (χ1v) is 8.45. The molecular formula is C19H22N4. The van der Waals surface area contributed by atoms with Crippen LogP contribution in [0.15, 0.2) is 42.9 Å². The Morgan fingerprint density at radius 1 is 1.00 bits per heavy atom. The van der Waals surface area contributed by atoms with Gasteiger partial charge in [0.05, 0.1) is 11.8 Å². The average molecular weight is 306 g/mol. The normalized spacial score (nSPS) is 17.4. The van der Waals surface area contributed by atoms with Crippen LogP contribution in [0.4, 0.5) is 0 Å². The van der Waals surface area contributed by atoms with Crippen LogP contribution in [0.25, 0.3) is 22.3 Å². The predicted molar refractivity (Wildman–Crippen MR) is 93.2 cm³/mol. The third-order valence-corrected chi connectivity index (χ3v) is 4.94. The Bertz CT molecular complexity index is 784. The van der Waals surface area contributed by atoms with Crippen molar-refractivity contribution in [3.05, 3.63) is 48.4 Å². The molecule has 1 aromatic carbocycles. The molecule has 1 unspecified atom stereocenters. The molecule has 4 nitrogen and oxygen atoms in total. The van der Waals surface area contributed by atoms with Gasteiger partial charge in [0.2, 0.25) is 0 Å². The molecule has 0 aliphatic carbocycles. The largest absolute Gasteiger partial charge is 0.343 e. The number of aromatic nitrogens is 3. The topological polar surface area (TPSA) is 44.8 Å². The van der Waals surface area contributed by atoms with E-state index in [1.54, 1.807) is 6.33 Å². The Hall–Kier alpha value is -2.20. The Morgan fingerprint density at radius 2 is 1.78 bits per heavy atom. The van der Waals surface area contributed by atoms with Crippen molar-refractivity contribution in [3.63, 3.8) is 0 Å². The van der Waals surface area contributed by atoms with Gasteiger partial charge in [-0.05, 0) is 50.0 Å². The molecule has 1 saturated heterocycles. The third-order valence-electron chi connectivity index (χ3n) is 4.94. The number of nitrogens with zero attached hydrogens (tertiary/aromatic N) is 3. The quantitative estimate of drug-likeness (QED) is 0.790. The summed E-state index contributed by atoms with van der Waals surface area (Å²) in [5.74, 6) is 0. The van der Waals surface area contributed by atoms with Crippen molar-refractivity contribution in [2.24, 2.45) is 0 Å². The molecule has 4 heteroatoms. The fourth-order valence-electron chi connectivity index (χ4n) is 3.46. The number of H-pyrrole nitrogens is 1. The summed E-state index contributed by atoms with van der Waals surface area (Å²) >= 11 is 0. The van der Waals surface area contributed by atoms with Crippen molar-refractivity contribution >= 4 is 11.2 Å². The highest BCUT2D eigenvalue weighted by molar-refractivity contribution is 5.77. The van der Waals surface area contributed by atoms with Gasteiger partial charge >= 0.3 is 0 Å². The van der Waals surface area contributed by atoms with Gasteiger partial charge in [-0.25, -0.2) is 9.97 Å². The van der Waals surface area contributed by atoms with Gasteiger partial charge in [-0.1, -0.05) is 30.7 Å². The van der Waals surface area contributed by atoms with E-state index >= 15 is 0 Å². The molecule has 23 heavy (non-hydrogen) atoms. The highest BCUT2D eigenvalue weighted by atomic mass is 15.2. The number of pyridine rings is 1. The van der Waals surface area contributed by atoms with Crippen molar-refractivity contribution in [2.45, 2.75) is 32.2 Å². The lowest BCUT2D eigenvalue weighted by atomic mass is 10.00. The smallest absolute Gasteiger partial charge is 0.177 e. The van der Waals surface area contributed by atoms with Crippen LogP contribution in [0.5, 0.6) is 0 Å². The van der Waals surface area contributed by atoms with E-state index in [9.17, 15) is 0 Å². The molecule has 3 heterocycles. The molecule has 0 amide bonds. The number of aromatic amines is 1. The first kappa shape index (κ1) is 14.4. The molecule has 118 valence electrons. The standard InChI is InChI=1S/C19H22N4/c1-14(23-9-3-2-4-10-23)15-5-7-16(8-6-15)17-11-18-19(20-12-17)22-13-21-18/h5-8,11-14H,2-4,9-10H2,1H3,(H,20,21,22). The Morgan fingerprint density at radius 3 is 2.57 bits per heavy atom. The average Bonchev–Trinajstić information content (AvgIpc) is 3.10. The minimum atomic E-state index is 0.498. The second-order valence-corrected chi connectivity index (χ2v) is 6.39. The number of imidazole rings is 1. The lowest BCUT2D eigenvalue weighted by Crippen LogP contribution is -2.32.